The van der Waals surface area contributed by atoms with Crippen LogP contribution in [0.5, 0.6) is 23.0 Å². The van der Waals surface area contributed by atoms with E-state index >= 15 is 0 Å². The molecule has 0 aliphatic heterocycles. The average molecular weight is 356 g/mol. The maximum Gasteiger partial charge on any atom is 1.00 e. The fraction of sp³-hybridized carbons (Fsp3) is 0.278. The third-order valence-corrected chi connectivity index (χ3v) is 4.46. The van der Waals surface area contributed by atoms with E-state index in [2.05, 4.69) is 0 Å². The molecule has 7 heteroatoms. The van der Waals surface area contributed by atoms with Crippen molar-refractivity contribution in [3.8, 4) is 23.0 Å². The van der Waals surface area contributed by atoms with Crippen molar-refractivity contribution in [1.82, 2.24) is 0 Å². The number of carbonyl (C=O) groups excluding carboxylic acids is 1. The van der Waals surface area contributed by atoms with Crippen LogP contribution in [0.15, 0.2) is 36.4 Å². The maximum absolute atomic E-state index is 12.8. The molecular formula is C18H22LiO5P. The molecule has 0 aliphatic rings. The van der Waals surface area contributed by atoms with Crippen LogP contribution in [0.1, 0.15) is 18.7 Å². The number of rotatable bonds is 8. The molecule has 0 amide bonds. The molecule has 0 spiro atoms. The summed E-state index contributed by atoms with van der Waals surface area (Å²) in [6, 6.07) is 10.9. The van der Waals surface area contributed by atoms with Crippen LogP contribution >= 0.6 is 8.58 Å². The van der Waals surface area contributed by atoms with E-state index in [1.165, 1.54) is 14.2 Å². The van der Waals surface area contributed by atoms with Gasteiger partial charge in [-0.05, 0) is 32.9 Å². The number of methoxy groups -OCH3 is 3. The Morgan fingerprint density at radius 1 is 0.960 bits per heavy atom. The summed E-state index contributed by atoms with van der Waals surface area (Å²) in [7, 11) is 4.55. The standard InChI is InChI=1S/C18H21O5P.Li.H/c1-5-23-12-6-8-14(9-7-12)24-18(19)17-15(21-3)10-13(20-2)11-16(17)22-4;;/h6-11,24H,5H2,1-4H3;;/q;+1;-1. The predicted molar refractivity (Wildman–Crippen MR) is 97.1 cm³/mol. The van der Waals surface area contributed by atoms with E-state index in [0.29, 0.717) is 29.4 Å². The summed E-state index contributed by atoms with van der Waals surface area (Å²) in [5.74, 6) is 2.24. The molecule has 0 saturated heterocycles. The average Bonchev–Trinajstić information content (AvgIpc) is 2.62. The molecule has 0 bridgehead atoms. The molecule has 130 valence electrons. The van der Waals surface area contributed by atoms with Gasteiger partial charge in [-0.25, -0.2) is 0 Å². The minimum Gasteiger partial charge on any atom is -1.00 e. The fourth-order valence-electron chi connectivity index (χ4n) is 2.22. The molecule has 1 atom stereocenters. The van der Waals surface area contributed by atoms with Crippen LogP contribution in [0.4, 0.5) is 0 Å². The first-order valence-electron chi connectivity index (χ1n) is 7.47. The van der Waals surface area contributed by atoms with E-state index in [-0.39, 0.29) is 34.4 Å². The number of hydrogen-bond donors (Lipinski definition) is 0. The fourth-order valence-corrected chi connectivity index (χ4v) is 3.19. The molecule has 0 N–H and O–H groups in total. The zero-order valence-electron chi connectivity index (χ0n) is 16.2. The SMILES string of the molecule is CCOc1ccc(PC(=O)c2c(OC)cc(OC)cc2OC)cc1.[H-].[Li+]. The minimum atomic E-state index is -0.0597. The van der Waals surface area contributed by atoms with Crippen molar-refractivity contribution in [2.24, 2.45) is 0 Å². The first-order valence-corrected chi connectivity index (χ1v) is 8.47. The molecule has 0 aliphatic carbocycles. The van der Waals surface area contributed by atoms with Crippen LogP contribution in [0.25, 0.3) is 0 Å². The van der Waals surface area contributed by atoms with Crippen molar-refractivity contribution in [3.63, 3.8) is 0 Å². The molecule has 2 aromatic carbocycles. The number of carbonyl (C=O) groups is 1. The smallest absolute Gasteiger partial charge is 1.00 e. The van der Waals surface area contributed by atoms with E-state index in [9.17, 15) is 4.79 Å². The molecule has 0 fully saturated rings. The van der Waals surface area contributed by atoms with Gasteiger partial charge in [-0.3, -0.25) is 4.79 Å². The van der Waals surface area contributed by atoms with E-state index in [1.54, 1.807) is 19.2 Å². The van der Waals surface area contributed by atoms with Crippen LogP contribution in [0, 0.1) is 0 Å². The first-order chi connectivity index (χ1) is 11.6. The van der Waals surface area contributed by atoms with E-state index < -0.39 is 0 Å². The summed E-state index contributed by atoms with van der Waals surface area (Å²) in [5.41, 5.74) is 0.364. The molecular weight excluding hydrogens is 334 g/mol. The monoisotopic (exact) mass is 356 g/mol. The topological polar surface area (TPSA) is 54.0 Å². The third kappa shape index (κ3) is 5.41. The van der Waals surface area contributed by atoms with Gasteiger partial charge >= 0.3 is 18.9 Å². The second kappa shape index (κ2) is 10.4. The third-order valence-electron chi connectivity index (χ3n) is 3.37. The Morgan fingerprint density at radius 2 is 1.52 bits per heavy atom. The largest absolute Gasteiger partial charge is 1.00 e. The summed E-state index contributed by atoms with van der Waals surface area (Å²) in [6.45, 7) is 2.54. The van der Waals surface area contributed by atoms with E-state index in [0.717, 1.165) is 11.1 Å². The second-order valence-electron chi connectivity index (χ2n) is 4.82. The van der Waals surface area contributed by atoms with Crippen molar-refractivity contribution in [3.05, 3.63) is 42.0 Å². The molecule has 25 heavy (non-hydrogen) atoms. The van der Waals surface area contributed by atoms with Crippen LogP contribution in [0.2, 0.25) is 0 Å². The van der Waals surface area contributed by atoms with Crippen molar-refractivity contribution in [2.75, 3.05) is 27.9 Å². The van der Waals surface area contributed by atoms with Gasteiger partial charge in [0, 0.05) is 12.1 Å². The Morgan fingerprint density at radius 3 is 1.96 bits per heavy atom. The Bertz CT molecular complexity index is 684. The van der Waals surface area contributed by atoms with Crippen molar-refractivity contribution in [1.29, 1.82) is 0 Å². The van der Waals surface area contributed by atoms with Gasteiger partial charge in [0.1, 0.15) is 28.6 Å². The van der Waals surface area contributed by atoms with Gasteiger partial charge in [0.05, 0.1) is 27.9 Å². The number of ether oxygens (including phenoxy) is 4. The Kier molecular flexibility index (Phi) is 8.86. The first kappa shape index (κ1) is 21.4. The summed E-state index contributed by atoms with van der Waals surface area (Å²) < 4.78 is 21.3. The van der Waals surface area contributed by atoms with Gasteiger partial charge in [0.2, 0.25) is 0 Å². The van der Waals surface area contributed by atoms with Crippen LogP contribution in [0.3, 0.4) is 0 Å². The van der Waals surface area contributed by atoms with E-state index in [1.807, 2.05) is 31.2 Å². The van der Waals surface area contributed by atoms with Gasteiger partial charge in [-0.1, -0.05) is 12.1 Å². The van der Waals surface area contributed by atoms with Crippen molar-refractivity contribution >= 4 is 19.4 Å². The summed E-state index contributed by atoms with van der Waals surface area (Å²) in [6.07, 6.45) is 0. The molecule has 2 aromatic rings. The second-order valence-corrected chi connectivity index (χ2v) is 6.10. The molecule has 0 saturated carbocycles. The Labute approximate surface area is 163 Å². The molecule has 0 heterocycles. The number of benzene rings is 2. The zero-order valence-corrected chi connectivity index (χ0v) is 16.2. The normalized spacial score (nSPS) is 10.2. The van der Waals surface area contributed by atoms with E-state index in [4.69, 9.17) is 18.9 Å². The molecule has 0 aromatic heterocycles. The maximum atomic E-state index is 12.8. The van der Waals surface area contributed by atoms with Crippen LogP contribution < -0.4 is 43.1 Å². The molecule has 0 radical (unpaired) electrons. The molecule has 1 unspecified atom stereocenters. The molecule has 5 nitrogen and oxygen atoms in total. The zero-order chi connectivity index (χ0) is 17.5. The van der Waals surface area contributed by atoms with Crippen molar-refractivity contribution in [2.45, 2.75) is 6.92 Å². The quantitative estimate of drug-likeness (QED) is 0.505. The summed E-state index contributed by atoms with van der Waals surface area (Å²) >= 11 is 0. The van der Waals surface area contributed by atoms with Crippen molar-refractivity contribution < 1.29 is 44.0 Å². The Hall–Kier alpha value is -1.66. The minimum absolute atomic E-state index is 0. The number of hydrogen-bond acceptors (Lipinski definition) is 5. The summed E-state index contributed by atoms with van der Waals surface area (Å²) in [5, 5.41) is 0.920. The Balaban J connectivity index is 0.00000312. The predicted octanol–water partition coefficient (Wildman–Crippen LogP) is 0.372. The van der Waals surface area contributed by atoms with Gasteiger partial charge in [0.25, 0.3) is 0 Å². The van der Waals surface area contributed by atoms with Gasteiger partial charge < -0.3 is 20.4 Å². The van der Waals surface area contributed by atoms with Crippen LogP contribution in [-0.2, 0) is 0 Å². The molecule has 2 rings (SSSR count). The van der Waals surface area contributed by atoms with Crippen LogP contribution in [-0.4, -0.2) is 33.5 Å². The van der Waals surface area contributed by atoms with Gasteiger partial charge in [-0.2, -0.15) is 0 Å². The summed E-state index contributed by atoms with van der Waals surface area (Å²) in [4.78, 5) is 12.8. The van der Waals surface area contributed by atoms with Gasteiger partial charge in [0.15, 0.2) is 5.52 Å². The van der Waals surface area contributed by atoms with Gasteiger partial charge in [-0.15, -0.1) is 0 Å².